The van der Waals surface area contributed by atoms with Crippen LogP contribution in [-0.2, 0) is 15.0 Å². The quantitative estimate of drug-likeness (QED) is 0.499. The number of piperazine rings is 1. The van der Waals surface area contributed by atoms with Gasteiger partial charge < -0.3 is 20.3 Å². The van der Waals surface area contributed by atoms with E-state index < -0.39 is 27.9 Å². The smallest absolute Gasteiger partial charge is 0.282 e. The van der Waals surface area contributed by atoms with Gasteiger partial charge in [0, 0.05) is 39.4 Å². The SMILES string of the molecule is CN(C[C@@]1(C(=O)CO)CCCN1)S(=O)(=O)N1CCN(c2ncnc3[nH]ccc23)CC12CC2. The minimum Gasteiger partial charge on any atom is -0.389 e. The molecule has 0 unspecified atom stereocenters. The van der Waals surface area contributed by atoms with Gasteiger partial charge in [-0.15, -0.1) is 0 Å². The van der Waals surface area contributed by atoms with Crippen LogP contribution in [-0.4, -0.2) is 100 Å². The number of carbonyl (C=O) groups is 1. The van der Waals surface area contributed by atoms with E-state index in [0.717, 1.165) is 36.1 Å². The molecule has 0 radical (unpaired) electrons. The van der Waals surface area contributed by atoms with Crippen molar-refractivity contribution in [3.8, 4) is 0 Å². The van der Waals surface area contributed by atoms with E-state index in [-0.39, 0.29) is 12.3 Å². The molecule has 1 spiro atoms. The molecule has 2 aromatic rings. The average Bonchev–Trinajstić information content (AvgIpc) is 3.19. The molecule has 1 atom stereocenters. The van der Waals surface area contributed by atoms with Gasteiger partial charge in [0.25, 0.3) is 10.2 Å². The van der Waals surface area contributed by atoms with Crippen LogP contribution in [0.2, 0.25) is 0 Å². The Morgan fingerprint density at radius 3 is 2.78 bits per heavy atom. The molecule has 1 saturated carbocycles. The van der Waals surface area contributed by atoms with Crippen molar-refractivity contribution in [2.24, 2.45) is 0 Å². The predicted octanol–water partition coefficient (Wildman–Crippen LogP) is -0.527. The molecule has 3 aliphatic rings. The number of nitrogens with zero attached hydrogens (tertiary/aromatic N) is 5. The summed E-state index contributed by atoms with van der Waals surface area (Å²) in [6, 6.07) is 1.94. The number of aliphatic hydroxyl groups is 1. The zero-order chi connectivity index (χ0) is 22.6. The minimum absolute atomic E-state index is 0.0148. The molecule has 2 aromatic heterocycles. The van der Waals surface area contributed by atoms with Gasteiger partial charge in [-0.05, 0) is 38.3 Å². The molecular formula is C20H29N7O4S. The van der Waals surface area contributed by atoms with Gasteiger partial charge in [-0.1, -0.05) is 0 Å². The zero-order valence-corrected chi connectivity index (χ0v) is 18.9. The molecule has 0 amide bonds. The molecule has 12 heteroatoms. The maximum absolute atomic E-state index is 13.6. The normalized spacial score (nSPS) is 25.8. The van der Waals surface area contributed by atoms with E-state index in [0.29, 0.717) is 32.6 Å². The molecule has 0 bridgehead atoms. The van der Waals surface area contributed by atoms with Gasteiger partial charge >= 0.3 is 0 Å². The van der Waals surface area contributed by atoms with Crippen LogP contribution in [0.15, 0.2) is 18.6 Å². The fourth-order valence-corrected chi connectivity index (χ4v) is 6.98. The summed E-state index contributed by atoms with van der Waals surface area (Å²) in [6.07, 6.45) is 6.22. The number of carbonyl (C=O) groups excluding carboxylic acids is 1. The molecule has 32 heavy (non-hydrogen) atoms. The number of fused-ring (bicyclic) bond motifs is 1. The fraction of sp³-hybridized carbons (Fsp3) is 0.650. The summed E-state index contributed by atoms with van der Waals surface area (Å²) in [4.78, 5) is 26.4. The first-order valence-corrected chi connectivity index (χ1v) is 12.4. The number of H-pyrrole nitrogens is 1. The number of aliphatic hydroxyl groups excluding tert-OH is 1. The molecular weight excluding hydrogens is 434 g/mol. The van der Waals surface area contributed by atoms with Crippen LogP contribution in [0.4, 0.5) is 5.82 Å². The highest BCUT2D eigenvalue weighted by molar-refractivity contribution is 7.86. The van der Waals surface area contributed by atoms with Gasteiger partial charge in [-0.3, -0.25) is 4.79 Å². The van der Waals surface area contributed by atoms with E-state index in [1.807, 2.05) is 12.3 Å². The summed E-state index contributed by atoms with van der Waals surface area (Å²) < 4.78 is 30.1. The first-order chi connectivity index (χ1) is 15.3. The topological polar surface area (TPSA) is 135 Å². The second kappa shape index (κ2) is 7.73. The maximum atomic E-state index is 13.6. The van der Waals surface area contributed by atoms with Crippen LogP contribution in [0.5, 0.6) is 0 Å². The second-order valence-electron chi connectivity index (χ2n) is 9.11. The van der Waals surface area contributed by atoms with E-state index >= 15 is 0 Å². The van der Waals surface area contributed by atoms with Gasteiger partial charge in [0.2, 0.25) is 0 Å². The Balaban J connectivity index is 1.36. The number of hydrogen-bond acceptors (Lipinski definition) is 8. The third-order valence-electron chi connectivity index (χ3n) is 7.13. The van der Waals surface area contributed by atoms with Crippen LogP contribution in [0.1, 0.15) is 25.7 Å². The summed E-state index contributed by atoms with van der Waals surface area (Å²) in [5, 5.41) is 13.5. The van der Waals surface area contributed by atoms with E-state index in [1.165, 1.54) is 17.7 Å². The van der Waals surface area contributed by atoms with E-state index in [1.54, 1.807) is 4.31 Å². The van der Waals surface area contributed by atoms with Crippen molar-refractivity contribution in [3.63, 3.8) is 0 Å². The maximum Gasteiger partial charge on any atom is 0.282 e. The monoisotopic (exact) mass is 463 g/mol. The first kappa shape index (κ1) is 21.7. The van der Waals surface area contributed by atoms with Gasteiger partial charge in [0.05, 0.1) is 16.5 Å². The van der Waals surface area contributed by atoms with E-state index in [9.17, 15) is 18.3 Å². The van der Waals surface area contributed by atoms with Crippen LogP contribution in [0.25, 0.3) is 11.0 Å². The standard InChI is InChI=1S/C20H29N7O4S/c1-25(13-20(16(29)11-28)4-2-7-24-20)32(30,31)27-10-9-26(12-19(27)5-6-19)18-15-3-8-21-17(15)22-14-23-18/h3,8,14,24,28H,2,4-7,9-13H2,1H3,(H,21,22,23)/t20-/m1/s1. The lowest BCUT2D eigenvalue weighted by Gasteiger charge is -2.44. The summed E-state index contributed by atoms with van der Waals surface area (Å²) in [5.74, 6) is 0.456. The fourth-order valence-electron chi connectivity index (χ4n) is 5.21. The Morgan fingerprint density at radius 1 is 1.28 bits per heavy atom. The highest BCUT2D eigenvalue weighted by atomic mass is 32.2. The van der Waals surface area contributed by atoms with E-state index in [4.69, 9.17) is 0 Å². The first-order valence-electron chi connectivity index (χ1n) is 11.0. The Kier molecular flexibility index (Phi) is 5.25. The van der Waals surface area contributed by atoms with Crippen molar-refractivity contribution in [2.75, 3.05) is 51.3 Å². The van der Waals surface area contributed by atoms with Crippen LogP contribution in [0.3, 0.4) is 0 Å². The highest BCUT2D eigenvalue weighted by Gasteiger charge is 2.57. The molecule has 2 saturated heterocycles. The highest BCUT2D eigenvalue weighted by Crippen LogP contribution is 2.47. The number of aromatic amines is 1. The molecule has 3 fully saturated rings. The number of nitrogens with one attached hydrogen (secondary N) is 2. The number of likely N-dealkylation sites (N-methyl/N-ethyl adjacent to an activating group) is 1. The summed E-state index contributed by atoms with van der Waals surface area (Å²) >= 11 is 0. The predicted molar refractivity (Wildman–Crippen MR) is 118 cm³/mol. The average molecular weight is 464 g/mol. The summed E-state index contributed by atoms with van der Waals surface area (Å²) in [7, 11) is -2.26. The van der Waals surface area contributed by atoms with Crippen molar-refractivity contribution < 1.29 is 18.3 Å². The summed E-state index contributed by atoms with van der Waals surface area (Å²) in [6.45, 7) is 1.48. The largest absolute Gasteiger partial charge is 0.389 e. The van der Waals surface area contributed by atoms with E-state index in [2.05, 4.69) is 25.2 Å². The number of ketones is 1. The van der Waals surface area contributed by atoms with Crippen LogP contribution in [0, 0.1) is 0 Å². The molecule has 11 nitrogen and oxygen atoms in total. The lowest BCUT2D eigenvalue weighted by atomic mass is 9.92. The Labute approximate surface area is 187 Å². The molecule has 1 aliphatic carbocycles. The second-order valence-corrected chi connectivity index (χ2v) is 11.1. The third kappa shape index (κ3) is 3.41. The van der Waals surface area contributed by atoms with Crippen molar-refractivity contribution in [1.82, 2.24) is 28.9 Å². The van der Waals surface area contributed by atoms with Crippen molar-refractivity contribution in [2.45, 2.75) is 36.8 Å². The number of anilines is 1. The van der Waals surface area contributed by atoms with Gasteiger partial charge in [0.15, 0.2) is 5.78 Å². The van der Waals surface area contributed by atoms with Crippen molar-refractivity contribution in [1.29, 1.82) is 0 Å². The van der Waals surface area contributed by atoms with Crippen LogP contribution < -0.4 is 10.2 Å². The third-order valence-corrected chi connectivity index (χ3v) is 9.18. The van der Waals surface area contributed by atoms with Gasteiger partial charge in [-0.2, -0.15) is 17.0 Å². The lowest BCUT2D eigenvalue weighted by Crippen LogP contribution is -2.63. The molecule has 3 N–H and O–H groups in total. The minimum atomic E-state index is -3.78. The number of aromatic nitrogens is 3. The summed E-state index contributed by atoms with van der Waals surface area (Å²) in [5.41, 5.74) is -0.718. The number of Topliss-reactive ketones (excluding diaryl/α,β-unsaturated/α-hetero) is 1. The van der Waals surface area contributed by atoms with Crippen molar-refractivity contribution in [3.05, 3.63) is 18.6 Å². The van der Waals surface area contributed by atoms with Crippen molar-refractivity contribution >= 4 is 32.8 Å². The van der Waals surface area contributed by atoms with Gasteiger partial charge in [-0.25, -0.2) is 9.97 Å². The van der Waals surface area contributed by atoms with Gasteiger partial charge in [0.1, 0.15) is 24.4 Å². The molecule has 5 rings (SSSR count). The zero-order valence-electron chi connectivity index (χ0n) is 18.1. The molecule has 0 aromatic carbocycles. The number of rotatable bonds is 7. The Morgan fingerprint density at radius 2 is 2.09 bits per heavy atom. The molecule has 2 aliphatic heterocycles. The van der Waals surface area contributed by atoms with Crippen LogP contribution >= 0.6 is 0 Å². The Hall–Kier alpha value is -2.12. The number of hydrogen-bond donors (Lipinski definition) is 3. The molecule has 4 heterocycles. The Bertz CT molecular complexity index is 1120. The lowest BCUT2D eigenvalue weighted by molar-refractivity contribution is -0.128. The molecule has 174 valence electrons.